The van der Waals surface area contributed by atoms with E-state index in [0.29, 0.717) is 34.0 Å². The Labute approximate surface area is 199 Å². The number of carbonyl (C=O) groups excluding carboxylic acids is 2. The Morgan fingerprint density at radius 2 is 1.66 bits per heavy atom. The van der Waals surface area contributed by atoms with Gasteiger partial charge >= 0.3 is 11.6 Å². The van der Waals surface area contributed by atoms with Gasteiger partial charge in [-0.25, -0.2) is 9.59 Å². The average molecular weight is 472 g/mol. The third-order valence-electron chi connectivity index (χ3n) is 5.55. The predicted octanol–water partition coefficient (Wildman–Crippen LogP) is 4.45. The lowest BCUT2D eigenvalue weighted by atomic mass is 10.1. The first-order valence-electron chi connectivity index (χ1n) is 10.8. The summed E-state index contributed by atoms with van der Waals surface area (Å²) in [4.78, 5) is 36.3. The highest BCUT2D eigenvalue weighted by Crippen LogP contribution is 2.32. The van der Waals surface area contributed by atoms with Crippen LogP contribution in [-0.4, -0.2) is 25.2 Å². The average Bonchev–Trinajstić information content (AvgIpc) is 3.34. The van der Waals surface area contributed by atoms with E-state index in [2.05, 4.69) is 0 Å². The zero-order valence-corrected chi connectivity index (χ0v) is 18.7. The number of benzene rings is 3. The summed E-state index contributed by atoms with van der Waals surface area (Å²) in [6.07, 6.45) is 0. The molecule has 0 unspecified atom stereocenters. The van der Waals surface area contributed by atoms with Crippen LogP contribution in [0.1, 0.15) is 31.8 Å². The summed E-state index contributed by atoms with van der Waals surface area (Å²) in [5, 5.41) is 0.844. The molecule has 8 heteroatoms. The molecule has 0 aliphatic carbocycles. The number of ether oxygens (including phenoxy) is 4. The summed E-state index contributed by atoms with van der Waals surface area (Å²) in [6, 6.07) is 18.3. The zero-order chi connectivity index (χ0) is 24.4. The van der Waals surface area contributed by atoms with Crippen molar-refractivity contribution in [1.82, 2.24) is 0 Å². The molecular weight excluding hydrogens is 452 g/mol. The maximum atomic E-state index is 12.4. The Morgan fingerprint density at radius 3 is 2.49 bits per heavy atom. The van der Waals surface area contributed by atoms with Crippen LogP contribution in [-0.2, 0) is 11.3 Å². The van der Waals surface area contributed by atoms with E-state index in [1.54, 1.807) is 54.6 Å². The molecule has 0 atom stereocenters. The molecular formula is C27H20O8. The highest BCUT2D eigenvalue weighted by molar-refractivity contribution is 5.99. The molecule has 176 valence electrons. The number of fused-ring (bicyclic) bond motifs is 2. The first-order valence-corrected chi connectivity index (χ1v) is 10.8. The third-order valence-corrected chi connectivity index (χ3v) is 5.55. The van der Waals surface area contributed by atoms with Crippen molar-refractivity contribution in [2.45, 2.75) is 13.5 Å². The molecule has 0 fully saturated rings. The lowest BCUT2D eigenvalue weighted by Gasteiger charge is -2.09. The fourth-order valence-corrected chi connectivity index (χ4v) is 3.67. The van der Waals surface area contributed by atoms with Gasteiger partial charge < -0.3 is 23.4 Å². The highest BCUT2D eigenvalue weighted by Gasteiger charge is 2.17. The Morgan fingerprint density at radius 1 is 0.886 bits per heavy atom. The van der Waals surface area contributed by atoms with E-state index in [-0.39, 0.29) is 25.8 Å². The lowest BCUT2D eigenvalue weighted by molar-refractivity contribution is 0.0474. The molecule has 0 amide bonds. The van der Waals surface area contributed by atoms with E-state index < -0.39 is 11.6 Å². The van der Waals surface area contributed by atoms with Gasteiger partial charge in [0.2, 0.25) is 6.79 Å². The second kappa shape index (κ2) is 9.34. The van der Waals surface area contributed by atoms with E-state index in [1.165, 1.54) is 6.07 Å². The molecule has 1 aliphatic heterocycles. The minimum atomic E-state index is -0.605. The minimum absolute atomic E-state index is 0.114. The first-order chi connectivity index (χ1) is 17.0. The molecule has 1 aliphatic rings. The van der Waals surface area contributed by atoms with Crippen molar-refractivity contribution in [2.24, 2.45) is 0 Å². The van der Waals surface area contributed by atoms with Gasteiger partial charge in [-0.1, -0.05) is 12.1 Å². The van der Waals surface area contributed by atoms with Gasteiger partial charge in [0.15, 0.2) is 23.9 Å². The molecule has 4 aromatic rings. The van der Waals surface area contributed by atoms with Gasteiger partial charge in [0.25, 0.3) is 0 Å². The number of ketones is 1. The zero-order valence-electron chi connectivity index (χ0n) is 18.7. The van der Waals surface area contributed by atoms with E-state index >= 15 is 0 Å². The van der Waals surface area contributed by atoms with E-state index in [0.717, 1.165) is 16.5 Å². The topological polar surface area (TPSA) is 101 Å². The van der Waals surface area contributed by atoms with Crippen LogP contribution in [0.25, 0.3) is 11.0 Å². The Kier molecular flexibility index (Phi) is 5.93. The van der Waals surface area contributed by atoms with Gasteiger partial charge in [-0.15, -0.1) is 0 Å². The normalized spacial score (nSPS) is 11.9. The maximum absolute atomic E-state index is 12.4. The summed E-state index contributed by atoms with van der Waals surface area (Å²) >= 11 is 0. The summed E-state index contributed by atoms with van der Waals surface area (Å²) in [7, 11) is 0. The molecule has 0 spiro atoms. The number of hydrogen-bond acceptors (Lipinski definition) is 8. The number of hydrogen-bond donors (Lipinski definition) is 0. The molecule has 0 N–H and O–H groups in total. The van der Waals surface area contributed by atoms with Crippen molar-refractivity contribution in [1.29, 1.82) is 0 Å². The Hall–Kier alpha value is -4.59. The van der Waals surface area contributed by atoms with Crippen LogP contribution in [0.4, 0.5) is 0 Å². The third kappa shape index (κ3) is 4.86. The van der Waals surface area contributed by atoms with Gasteiger partial charge in [-0.2, -0.15) is 0 Å². The number of carbonyl (C=O) groups is 2. The maximum Gasteiger partial charge on any atom is 0.338 e. The molecule has 0 saturated carbocycles. The van der Waals surface area contributed by atoms with Crippen LogP contribution < -0.4 is 19.8 Å². The number of rotatable bonds is 7. The smallest absolute Gasteiger partial charge is 0.338 e. The van der Waals surface area contributed by atoms with Gasteiger partial charge in [0.05, 0.1) is 5.56 Å². The second-order valence-corrected chi connectivity index (χ2v) is 7.96. The summed E-state index contributed by atoms with van der Waals surface area (Å²) in [5.74, 6) is 0.666. The molecule has 0 radical (unpaired) electrons. The van der Waals surface area contributed by atoms with Crippen LogP contribution >= 0.6 is 0 Å². The van der Waals surface area contributed by atoms with Crippen molar-refractivity contribution < 1.29 is 33.0 Å². The van der Waals surface area contributed by atoms with E-state index in [1.807, 2.05) is 13.0 Å². The van der Waals surface area contributed by atoms with E-state index in [4.69, 9.17) is 23.4 Å². The van der Waals surface area contributed by atoms with Gasteiger partial charge in [-0.3, -0.25) is 4.79 Å². The highest BCUT2D eigenvalue weighted by atomic mass is 16.7. The van der Waals surface area contributed by atoms with Crippen LogP contribution in [0.5, 0.6) is 17.2 Å². The largest absolute Gasteiger partial charge is 0.489 e. The Bertz CT molecular complexity index is 1480. The number of esters is 1. The Balaban J connectivity index is 1.16. The summed E-state index contributed by atoms with van der Waals surface area (Å²) in [5.41, 5.74) is 2.40. The van der Waals surface area contributed by atoms with Gasteiger partial charge in [0, 0.05) is 23.1 Å². The predicted molar refractivity (Wildman–Crippen MR) is 125 cm³/mol. The molecule has 3 aromatic carbocycles. The van der Waals surface area contributed by atoms with Crippen LogP contribution in [0, 0.1) is 6.92 Å². The molecule has 0 bridgehead atoms. The summed E-state index contributed by atoms with van der Waals surface area (Å²) in [6.45, 7) is 1.82. The van der Waals surface area contributed by atoms with Gasteiger partial charge in [-0.05, 0) is 60.5 Å². The fraction of sp³-hybridized carbons (Fsp3) is 0.148. The lowest BCUT2D eigenvalue weighted by Crippen LogP contribution is -2.14. The molecule has 1 aromatic heterocycles. The molecule has 2 heterocycles. The molecule has 8 nitrogen and oxygen atoms in total. The van der Waals surface area contributed by atoms with Crippen LogP contribution in [0.2, 0.25) is 0 Å². The number of aryl methyl sites for hydroxylation is 1. The van der Waals surface area contributed by atoms with E-state index in [9.17, 15) is 14.4 Å². The van der Waals surface area contributed by atoms with Crippen molar-refractivity contribution >= 4 is 22.7 Å². The summed E-state index contributed by atoms with van der Waals surface area (Å²) < 4.78 is 26.7. The van der Waals surface area contributed by atoms with Crippen molar-refractivity contribution in [2.75, 3.05) is 13.4 Å². The first kappa shape index (κ1) is 22.2. The van der Waals surface area contributed by atoms with Crippen molar-refractivity contribution in [3.63, 3.8) is 0 Å². The van der Waals surface area contributed by atoms with Crippen molar-refractivity contribution in [3.8, 4) is 17.2 Å². The standard InChI is InChI=1S/C27H20O8/c1-16-10-26(29)35-24-12-20(7-8-21(16)24)31-13-17-2-4-18(5-3-17)27(30)32-14-22(28)19-6-9-23-25(11-19)34-15-33-23/h2-12H,13-15H2,1H3. The van der Waals surface area contributed by atoms with Crippen LogP contribution in [0.3, 0.4) is 0 Å². The second-order valence-electron chi connectivity index (χ2n) is 7.96. The van der Waals surface area contributed by atoms with Crippen molar-refractivity contribution in [3.05, 3.63) is 99.4 Å². The molecule has 0 saturated heterocycles. The molecule has 35 heavy (non-hydrogen) atoms. The van der Waals surface area contributed by atoms with Gasteiger partial charge in [0.1, 0.15) is 17.9 Å². The molecule has 5 rings (SSSR count). The number of Topliss-reactive ketones (excluding diaryl/α,β-unsaturated/α-hetero) is 1. The minimum Gasteiger partial charge on any atom is -0.489 e. The fourth-order valence-electron chi connectivity index (χ4n) is 3.67. The SMILES string of the molecule is Cc1cc(=O)oc2cc(OCc3ccc(C(=O)OCC(=O)c4ccc5c(c4)OCO5)cc3)ccc12. The monoisotopic (exact) mass is 472 g/mol. The van der Waals surface area contributed by atoms with Crippen LogP contribution in [0.15, 0.2) is 75.9 Å². The quantitative estimate of drug-likeness (QED) is 0.221.